The number of esters is 1. The van der Waals surface area contributed by atoms with Gasteiger partial charge < -0.3 is 10.1 Å². The highest BCUT2D eigenvalue weighted by atomic mass is 32.2. The summed E-state index contributed by atoms with van der Waals surface area (Å²) in [5.74, 6) is -0.463. The van der Waals surface area contributed by atoms with E-state index in [1.165, 1.54) is 6.92 Å². The van der Waals surface area contributed by atoms with Crippen molar-refractivity contribution >= 4 is 34.5 Å². The Morgan fingerprint density at radius 2 is 1.96 bits per heavy atom. The standard InChI is InChI=1S/C20H27N3O4S/c1-5-21-18(25)14(4)27-17(24)12-28-20-22-16-9-7-6-8-15(16)19(26)23(20)11-10-13(2)3/h6-9,13-14H,5,10-12H2,1-4H3,(H,21,25)/t14-/m1/s1. The summed E-state index contributed by atoms with van der Waals surface area (Å²) in [6.07, 6.45) is -0.0349. The van der Waals surface area contributed by atoms with Gasteiger partial charge in [0, 0.05) is 13.1 Å². The van der Waals surface area contributed by atoms with Crippen molar-refractivity contribution in [3.63, 3.8) is 0 Å². The molecule has 0 aliphatic heterocycles. The van der Waals surface area contributed by atoms with Crippen LogP contribution in [0.5, 0.6) is 0 Å². The van der Waals surface area contributed by atoms with Crippen LogP contribution in [-0.2, 0) is 20.9 Å². The summed E-state index contributed by atoms with van der Waals surface area (Å²) in [5.41, 5.74) is 0.484. The lowest BCUT2D eigenvalue weighted by molar-refractivity contribution is -0.152. The quantitative estimate of drug-likeness (QED) is 0.392. The normalized spacial score (nSPS) is 12.2. The van der Waals surface area contributed by atoms with Crippen molar-refractivity contribution in [2.24, 2.45) is 5.92 Å². The Kier molecular flexibility index (Phi) is 8.04. The van der Waals surface area contributed by atoms with E-state index >= 15 is 0 Å². The van der Waals surface area contributed by atoms with Crippen molar-refractivity contribution in [3.05, 3.63) is 34.6 Å². The largest absolute Gasteiger partial charge is 0.452 e. The van der Waals surface area contributed by atoms with E-state index in [9.17, 15) is 14.4 Å². The zero-order valence-corrected chi connectivity index (χ0v) is 17.5. The fourth-order valence-corrected chi connectivity index (χ4v) is 3.38. The van der Waals surface area contributed by atoms with Gasteiger partial charge in [-0.3, -0.25) is 19.0 Å². The number of ether oxygens (including phenoxy) is 1. The summed E-state index contributed by atoms with van der Waals surface area (Å²) in [4.78, 5) is 41.3. The van der Waals surface area contributed by atoms with Crippen molar-refractivity contribution in [3.8, 4) is 0 Å². The Morgan fingerprint density at radius 1 is 1.25 bits per heavy atom. The molecule has 0 spiro atoms. The molecular weight excluding hydrogens is 378 g/mol. The van der Waals surface area contributed by atoms with E-state index in [2.05, 4.69) is 24.1 Å². The third-order valence-electron chi connectivity index (χ3n) is 4.10. The fraction of sp³-hybridized carbons (Fsp3) is 0.500. The Morgan fingerprint density at radius 3 is 2.64 bits per heavy atom. The number of hydrogen-bond acceptors (Lipinski definition) is 6. The number of carbonyl (C=O) groups excluding carboxylic acids is 2. The van der Waals surface area contributed by atoms with E-state index in [0.29, 0.717) is 35.1 Å². The average Bonchev–Trinajstić information content (AvgIpc) is 2.65. The summed E-state index contributed by atoms with van der Waals surface area (Å²) in [6, 6.07) is 7.17. The molecule has 0 radical (unpaired) electrons. The van der Waals surface area contributed by atoms with Crippen LogP contribution in [0.1, 0.15) is 34.1 Å². The van der Waals surface area contributed by atoms with E-state index in [4.69, 9.17) is 4.74 Å². The molecule has 0 bridgehead atoms. The number of rotatable bonds is 9. The third-order valence-corrected chi connectivity index (χ3v) is 5.05. The van der Waals surface area contributed by atoms with Gasteiger partial charge in [-0.05, 0) is 38.3 Å². The van der Waals surface area contributed by atoms with Gasteiger partial charge in [0.25, 0.3) is 11.5 Å². The molecule has 28 heavy (non-hydrogen) atoms. The molecule has 152 valence electrons. The van der Waals surface area contributed by atoms with Gasteiger partial charge in [0.05, 0.1) is 16.7 Å². The van der Waals surface area contributed by atoms with Crippen LogP contribution in [0.3, 0.4) is 0 Å². The van der Waals surface area contributed by atoms with E-state index < -0.39 is 12.1 Å². The number of benzene rings is 1. The Balaban J connectivity index is 2.18. The van der Waals surface area contributed by atoms with E-state index in [1.807, 2.05) is 12.1 Å². The van der Waals surface area contributed by atoms with Crippen molar-refractivity contribution in [2.75, 3.05) is 12.3 Å². The maximum Gasteiger partial charge on any atom is 0.317 e. The molecule has 1 amide bonds. The van der Waals surface area contributed by atoms with Crippen molar-refractivity contribution in [2.45, 2.75) is 51.9 Å². The molecule has 0 unspecified atom stereocenters. The minimum atomic E-state index is -0.860. The number of hydrogen-bond donors (Lipinski definition) is 1. The molecule has 1 heterocycles. The summed E-state index contributed by atoms with van der Waals surface area (Å²) in [7, 11) is 0. The zero-order chi connectivity index (χ0) is 20.7. The zero-order valence-electron chi connectivity index (χ0n) is 16.7. The molecule has 2 aromatic rings. The number of para-hydroxylation sites is 1. The van der Waals surface area contributed by atoms with Gasteiger partial charge in [-0.25, -0.2) is 4.98 Å². The Bertz CT molecular complexity index is 895. The summed E-state index contributed by atoms with van der Waals surface area (Å²) < 4.78 is 6.77. The highest BCUT2D eigenvalue weighted by Crippen LogP contribution is 2.19. The monoisotopic (exact) mass is 405 g/mol. The molecule has 0 saturated carbocycles. The van der Waals surface area contributed by atoms with Gasteiger partial charge in [0.15, 0.2) is 11.3 Å². The number of likely N-dealkylation sites (N-methyl/N-ethyl adjacent to an activating group) is 1. The molecule has 2 rings (SSSR count). The summed E-state index contributed by atoms with van der Waals surface area (Å²) in [5, 5.41) is 3.64. The highest BCUT2D eigenvalue weighted by molar-refractivity contribution is 7.99. The van der Waals surface area contributed by atoms with Crippen molar-refractivity contribution in [1.82, 2.24) is 14.9 Å². The number of amides is 1. The number of nitrogens with one attached hydrogen (secondary N) is 1. The first kappa shape index (κ1) is 21.9. The van der Waals surface area contributed by atoms with E-state index in [0.717, 1.165) is 18.2 Å². The molecule has 0 fully saturated rings. The maximum absolute atomic E-state index is 12.9. The molecular formula is C20H27N3O4S. The fourth-order valence-electron chi connectivity index (χ4n) is 2.57. The average molecular weight is 406 g/mol. The predicted molar refractivity (Wildman–Crippen MR) is 110 cm³/mol. The minimum Gasteiger partial charge on any atom is -0.452 e. The first-order valence-corrected chi connectivity index (χ1v) is 10.4. The first-order valence-electron chi connectivity index (χ1n) is 9.43. The number of fused-ring (bicyclic) bond motifs is 1. The minimum absolute atomic E-state index is 0.0315. The lowest BCUT2D eigenvalue weighted by atomic mass is 10.1. The van der Waals surface area contributed by atoms with Gasteiger partial charge in [-0.15, -0.1) is 0 Å². The predicted octanol–water partition coefficient (Wildman–Crippen LogP) is 2.60. The Labute approximate surface area is 168 Å². The highest BCUT2D eigenvalue weighted by Gasteiger charge is 2.19. The number of nitrogens with zero attached hydrogens (tertiary/aromatic N) is 2. The lowest BCUT2D eigenvalue weighted by Crippen LogP contribution is -2.36. The van der Waals surface area contributed by atoms with Crippen LogP contribution in [0.4, 0.5) is 0 Å². The van der Waals surface area contributed by atoms with Crippen molar-refractivity contribution in [1.29, 1.82) is 0 Å². The number of thioether (sulfide) groups is 1. The maximum atomic E-state index is 12.9. The van der Waals surface area contributed by atoms with Gasteiger partial charge in [0.1, 0.15) is 0 Å². The Hall–Kier alpha value is -2.35. The molecule has 0 saturated heterocycles. The summed E-state index contributed by atoms with van der Waals surface area (Å²) in [6.45, 7) is 8.50. The second kappa shape index (κ2) is 10.3. The van der Waals surface area contributed by atoms with Crippen molar-refractivity contribution < 1.29 is 14.3 Å². The second-order valence-corrected chi connectivity index (χ2v) is 7.81. The van der Waals surface area contributed by atoms with Crippen LogP contribution in [0.25, 0.3) is 10.9 Å². The third kappa shape index (κ3) is 5.82. The number of carbonyl (C=O) groups is 2. The lowest BCUT2D eigenvalue weighted by Gasteiger charge is -2.15. The smallest absolute Gasteiger partial charge is 0.317 e. The van der Waals surface area contributed by atoms with Crippen LogP contribution >= 0.6 is 11.8 Å². The molecule has 1 atom stereocenters. The van der Waals surface area contributed by atoms with Gasteiger partial charge >= 0.3 is 5.97 Å². The topological polar surface area (TPSA) is 90.3 Å². The molecule has 8 heteroatoms. The van der Waals surface area contributed by atoms with Crippen LogP contribution in [0.2, 0.25) is 0 Å². The van der Waals surface area contributed by atoms with Gasteiger partial charge in [-0.2, -0.15) is 0 Å². The van der Waals surface area contributed by atoms with Crippen LogP contribution in [-0.4, -0.2) is 39.8 Å². The van der Waals surface area contributed by atoms with E-state index in [1.54, 1.807) is 23.6 Å². The molecule has 1 aromatic carbocycles. The summed E-state index contributed by atoms with van der Waals surface area (Å²) >= 11 is 1.15. The van der Waals surface area contributed by atoms with Gasteiger partial charge in [-0.1, -0.05) is 37.7 Å². The molecule has 1 N–H and O–H groups in total. The molecule has 7 nitrogen and oxygen atoms in total. The van der Waals surface area contributed by atoms with Gasteiger partial charge in [0.2, 0.25) is 0 Å². The first-order chi connectivity index (χ1) is 13.3. The molecule has 0 aliphatic carbocycles. The van der Waals surface area contributed by atoms with Crippen LogP contribution in [0.15, 0.2) is 34.2 Å². The number of aromatic nitrogens is 2. The second-order valence-electron chi connectivity index (χ2n) is 6.87. The molecule has 1 aromatic heterocycles. The van der Waals surface area contributed by atoms with Crippen LogP contribution < -0.4 is 10.9 Å². The SMILES string of the molecule is CCNC(=O)[C@@H](C)OC(=O)CSc1nc2ccccc2c(=O)n1CCC(C)C. The van der Waals surface area contributed by atoms with Crippen LogP contribution in [0, 0.1) is 5.92 Å². The van der Waals surface area contributed by atoms with E-state index in [-0.39, 0.29) is 17.2 Å². The molecule has 0 aliphatic rings.